The number of carbonyl (C=O) groups excluding carboxylic acids is 1. The third-order valence-electron chi connectivity index (χ3n) is 3.91. The largest absolute Gasteiger partial charge is 0.497 e. The lowest BCUT2D eigenvalue weighted by Gasteiger charge is -2.08. The molecule has 3 rings (SSSR count). The molecular weight excluding hydrogens is 364 g/mol. The molecule has 6 nitrogen and oxygen atoms in total. The van der Waals surface area contributed by atoms with Gasteiger partial charge in [-0.3, -0.25) is 0 Å². The van der Waals surface area contributed by atoms with E-state index in [2.05, 4.69) is 20.6 Å². The molecule has 0 fully saturated rings. The first-order chi connectivity index (χ1) is 13.1. The topological polar surface area (TPSA) is 76.1 Å². The summed E-state index contributed by atoms with van der Waals surface area (Å²) < 4.78 is 5.16. The Hall–Kier alpha value is -3.12. The fraction of sp³-hybridized carbons (Fsp3) is 0.150. The van der Waals surface area contributed by atoms with Crippen molar-refractivity contribution < 1.29 is 9.53 Å². The average Bonchev–Trinajstić information content (AvgIpc) is 2.72. The van der Waals surface area contributed by atoms with Gasteiger partial charge in [0, 0.05) is 17.1 Å². The van der Waals surface area contributed by atoms with Crippen LogP contribution < -0.4 is 15.4 Å². The van der Waals surface area contributed by atoms with E-state index >= 15 is 0 Å². The molecule has 1 aromatic heterocycles. The number of halogens is 1. The highest BCUT2D eigenvalue weighted by atomic mass is 35.5. The van der Waals surface area contributed by atoms with E-state index < -0.39 is 0 Å². The van der Waals surface area contributed by atoms with Crippen LogP contribution in [0.1, 0.15) is 11.3 Å². The number of ether oxygens (including phenoxy) is 1. The van der Waals surface area contributed by atoms with Gasteiger partial charge in [-0.05, 0) is 48.0 Å². The minimum atomic E-state index is -0.269. The lowest BCUT2D eigenvalue weighted by atomic mass is 10.1. The molecule has 0 aliphatic carbocycles. The van der Waals surface area contributed by atoms with E-state index in [1.54, 1.807) is 19.2 Å². The van der Waals surface area contributed by atoms with Crippen LogP contribution in [0.15, 0.2) is 60.9 Å². The highest BCUT2D eigenvalue weighted by Crippen LogP contribution is 2.20. The van der Waals surface area contributed by atoms with Crippen molar-refractivity contribution in [1.82, 2.24) is 20.6 Å². The number of nitrogens with zero attached hydrogens (tertiary/aromatic N) is 2. The Balaban J connectivity index is 1.54. The number of methoxy groups -OCH3 is 1. The standard InChI is InChI=1S/C20H19ClN4O2/c1-27-18-8-4-15(5-9-18)19-10-17(24-13-25-19)12-23-20(26)22-11-14-2-6-16(21)7-3-14/h2-10,13H,11-12H2,1H3,(H2,22,23,26). The van der Waals surface area contributed by atoms with Crippen LogP contribution in [0.2, 0.25) is 5.02 Å². The highest BCUT2D eigenvalue weighted by molar-refractivity contribution is 6.30. The van der Waals surface area contributed by atoms with Gasteiger partial charge < -0.3 is 15.4 Å². The molecule has 3 aromatic rings. The van der Waals surface area contributed by atoms with Gasteiger partial charge in [0.25, 0.3) is 0 Å². The van der Waals surface area contributed by atoms with Gasteiger partial charge in [-0.2, -0.15) is 0 Å². The van der Waals surface area contributed by atoms with Crippen LogP contribution in [0.3, 0.4) is 0 Å². The van der Waals surface area contributed by atoms with Crippen LogP contribution in [-0.4, -0.2) is 23.1 Å². The lowest BCUT2D eigenvalue weighted by molar-refractivity contribution is 0.240. The Bertz CT molecular complexity index is 899. The minimum absolute atomic E-state index is 0.269. The molecule has 0 radical (unpaired) electrons. The second kappa shape index (κ2) is 9.00. The SMILES string of the molecule is COc1ccc(-c2cc(CNC(=O)NCc3ccc(Cl)cc3)ncn2)cc1. The van der Waals surface area contributed by atoms with E-state index in [9.17, 15) is 4.79 Å². The number of amides is 2. The Labute approximate surface area is 162 Å². The van der Waals surface area contributed by atoms with E-state index in [1.807, 2.05) is 42.5 Å². The van der Waals surface area contributed by atoms with Gasteiger partial charge in [-0.25, -0.2) is 14.8 Å². The van der Waals surface area contributed by atoms with Crippen molar-refractivity contribution in [2.75, 3.05) is 7.11 Å². The zero-order valence-corrected chi connectivity index (χ0v) is 15.5. The first-order valence-electron chi connectivity index (χ1n) is 8.35. The molecular formula is C20H19ClN4O2. The van der Waals surface area contributed by atoms with Gasteiger partial charge in [0.05, 0.1) is 25.0 Å². The molecule has 2 aromatic carbocycles. The summed E-state index contributed by atoms with van der Waals surface area (Å²) in [5.74, 6) is 0.784. The molecule has 7 heteroatoms. The molecule has 138 valence electrons. The number of carbonyl (C=O) groups is 1. The predicted octanol–water partition coefficient (Wildman–Crippen LogP) is 3.81. The molecule has 2 N–H and O–H groups in total. The van der Waals surface area contributed by atoms with Crippen molar-refractivity contribution in [3.05, 3.63) is 77.2 Å². The maximum atomic E-state index is 12.0. The molecule has 0 atom stereocenters. The number of rotatable bonds is 6. The summed E-state index contributed by atoms with van der Waals surface area (Å²) in [4.78, 5) is 20.5. The summed E-state index contributed by atoms with van der Waals surface area (Å²) in [6, 6.07) is 16.5. The first-order valence-corrected chi connectivity index (χ1v) is 8.73. The van der Waals surface area contributed by atoms with Gasteiger partial charge >= 0.3 is 6.03 Å². The second-order valence-electron chi connectivity index (χ2n) is 5.79. The average molecular weight is 383 g/mol. The predicted molar refractivity (Wildman–Crippen MR) is 105 cm³/mol. The molecule has 0 spiro atoms. The van der Waals surface area contributed by atoms with Crippen molar-refractivity contribution in [2.24, 2.45) is 0 Å². The molecule has 0 aliphatic heterocycles. The normalized spacial score (nSPS) is 10.3. The van der Waals surface area contributed by atoms with Gasteiger partial charge in [0.1, 0.15) is 12.1 Å². The number of benzene rings is 2. The number of aromatic nitrogens is 2. The Morgan fingerprint density at radius 2 is 1.70 bits per heavy atom. The third kappa shape index (κ3) is 5.43. The fourth-order valence-corrected chi connectivity index (χ4v) is 2.56. The van der Waals surface area contributed by atoms with E-state index in [-0.39, 0.29) is 6.03 Å². The third-order valence-corrected chi connectivity index (χ3v) is 4.16. The maximum absolute atomic E-state index is 12.0. The summed E-state index contributed by atoms with van der Waals surface area (Å²) >= 11 is 5.85. The van der Waals surface area contributed by atoms with E-state index in [0.717, 1.165) is 28.3 Å². The van der Waals surface area contributed by atoms with Crippen LogP contribution in [-0.2, 0) is 13.1 Å². The molecule has 0 bridgehead atoms. The molecule has 0 saturated carbocycles. The summed E-state index contributed by atoms with van der Waals surface area (Å²) in [6.45, 7) is 0.724. The van der Waals surface area contributed by atoms with Crippen LogP contribution >= 0.6 is 11.6 Å². The van der Waals surface area contributed by atoms with Crippen molar-refractivity contribution in [1.29, 1.82) is 0 Å². The highest BCUT2D eigenvalue weighted by Gasteiger charge is 2.05. The number of nitrogens with one attached hydrogen (secondary N) is 2. The monoisotopic (exact) mass is 382 g/mol. The molecule has 2 amide bonds. The minimum Gasteiger partial charge on any atom is -0.497 e. The van der Waals surface area contributed by atoms with Crippen LogP contribution in [0.4, 0.5) is 4.79 Å². The number of hydrogen-bond donors (Lipinski definition) is 2. The zero-order valence-electron chi connectivity index (χ0n) is 14.8. The smallest absolute Gasteiger partial charge is 0.315 e. The van der Waals surface area contributed by atoms with Crippen molar-refractivity contribution in [2.45, 2.75) is 13.1 Å². The lowest BCUT2D eigenvalue weighted by Crippen LogP contribution is -2.34. The van der Waals surface area contributed by atoms with Gasteiger partial charge in [-0.1, -0.05) is 23.7 Å². The summed E-state index contributed by atoms with van der Waals surface area (Å²) in [5, 5.41) is 6.25. The summed E-state index contributed by atoms with van der Waals surface area (Å²) in [7, 11) is 1.63. The zero-order chi connectivity index (χ0) is 19.1. The number of hydrogen-bond acceptors (Lipinski definition) is 4. The Morgan fingerprint density at radius 3 is 2.41 bits per heavy atom. The van der Waals surface area contributed by atoms with Crippen LogP contribution in [0, 0.1) is 0 Å². The van der Waals surface area contributed by atoms with Crippen molar-refractivity contribution in [3.63, 3.8) is 0 Å². The van der Waals surface area contributed by atoms with Gasteiger partial charge in [-0.15, -0.1) is 0 Å². The first kappa shape index (κ1) is 18.7. The summed E-state index contributed by atoms with van der Waals surface area (Å²) in [5.41, 5.74) is 3.42. The molecule has 1 heterocycles. The quantitative estimate of drug-likeness (QED) is 0.679. The van der Waals surface area contributed by atoms with Crippen LogP contribution in [0.25, 0.3) is 11.3 Å². The van der Waals surface area contributed by atoms with Gasteiger partial charge in [0.15, 0.2) is 0 Å². The van der Waals surface area contributed by atoms with E-state index in [1.165, 1.54) is 6.33 Å². The van der Waals surface area contributed by atoms with E-state index in [0.29, 0.717) is 18.1 Å². The molecule has 0 unspecified atom stereocenters. The molecule has 27 heavy (non-hydrogen) atoms. The second-order valence-corrected chi connectivity index (χ2v) is 6.22. The summed E-state index contributed by atoms with van der Waals surface area (Å²) in [6.07, 6.45) is 1.49. The Morgan fingerprint density at radius 1 is 1.00 bits per heavy atom. The number of urea groups is 1. The van der Waals surface area contributed by atoms with Crippen LogP contribution in [0.5, 0.6) is 5.75 Å². The van der Waals surface area contributed by atoms with Crippen molar-refractivity contribution in [3.8, 4) is 17.0 Å². The Kier molecular flexibility index (Phi) is 6.22. The molecule has 0 aliphatic rings. The fourth-order valence-electron chi connectivity index (χ4n) is 2.43. The van der Waals surface area contributed by atoms with Gasteiger partial charge in [0.2, 0.25) is 0 Å². The maximum Gasteiger partial charge on any atom is 0.315 e. The molecule has 0 saturated heterocycles. The van der Waals surface area contributed by atoms with Crippen molar-refractivity contribution >= 4 is 17.6 Å². The van der Waals surface area contributed by atoms with E-state index in [4.69, 9.17) is 16.3 Å².